The topological polar surface area (TPSA) is 52.1 Å². The van der Waals surface area contributed by atoms with E-state index in [4.69, 9.17) is 4.74 Å². The summed E-state index contributed by atoms with van der Waals surface area (Å²) >= 11 is 3.08. The fraction of sp³-hybridized carbons (Fsp3) is 0.0952. The maximum Gasteiger partial charge on any atom is 0.331 e. The highest BCUT2D eigenvalue weighted by Gasteiger charge is 2.07. The first-order valence-electron chi connectivity index (χ1n) is 8.39. The van der Waals surface area contributed by atoms with Gasteiger partial charge in [0.25, 0.3) is 0 Å². The summed E-state index contributed by atoms with van der Waals surface area (Å²) in [5.74, 6) is -0.404. The van der Waals surface area contributed by atoms with Crippen molar-refractivity contribution in [2.24, 2.45) is 0 Å². The van der Waals surface area contributed by atoms with Gasteiger partial charge < -0.3 is 4.74 Å². The SMILES string of the molecule is Cc1ccc(-c2nc(COC(=O)/C=C/c3nc4ccccc4s3)cs2)cc1. The molecule has 2 aromatic heterocycles. The molecule has 27 heavy (non-hydrogen) atoms. The number of para-hydroxylation sites is 1. The number of nitrogens with zero attached hydrogens (tertiary/aromatic N) is 2. The molecule has 0 radical (unpaired) electrons. The number of hydrogen-bond acceptors (Lipinski definition) is 6. The maximum atomic E-state index is 12.0. The Balaban J connectivity index is 1.35. The van der Waals surface area contributed by atoms with Crippen LogP contribution in [0.3, 0.4) is 0 Å². The summed E-state index contributed by atoms with van der Waals surface area (Å²) in [6.07, 6.45) is 3.09. The van der Waals surface area contributed by atoms with E-state index >= 15 is 0 Å². The molecule has 6 heteroatoms. The Kier molecular flexibility index (Phi) is 5.09. The lowest BCUT2D eigenvalue weighted by Gasteiger charge is -1.99. The smallest absolute Gasteiger partial charge is 0.331 e. The van der Waals surface area contributed by atoms with Crippen molar-refractivity contribution in [3.8, 4) is 10.6 Å². The third-order valence-electron chi connectivity index (χ3n) is 3.88. The van der Waals surface area contributed by atoms with Crippen molar-refractivity contribution in [1.29, 1.82) is 0 Å². The summed E-state index contributed by atoms with van der Waals surface area (Å²) in [7, 11) is 0. The van der Waals surface area contributed by atoms with Crippen LogP contribution in [0.5, 0.6) is 0 Å². The van der Waals surface area contributed by atoms with E-state index < -0.39 is 5.97 Å². The van der Waals surface area contributed by atoms with E-state index in [1.165, 1.54) is 23.0 Å². The first-order valence-corrected chi connectivity index (χ1v) is 10.1. The van der Waals surface area contributed by atoms with Gasteiger partial charge in [-0.25, -0.2) is 14.8 Å². The quantitative estimate of drug-likeness (QED) is 0.333. The van der Waals surface area contributed by atoms with E-state index in [1.807, 2.05) is 41.8 Å². The van der Waals surface area contributed by atoms with E-state index in [2.05, 4.69) is 29.0 Å². The van der Waals surface area contributed by atoms with Crippen LogP contribution in [0.4, 0.5) is 0 Å². The number of benzene rings is 2. The third kappa shape index (κ3) is 4.30. The summed E-state index contributed by atoms with van der Waals surface area (Å²) in [6.45, 7) is 2.21. The van der Waals surface area contributed by atoms with Crippen LogP contribution in [0.15, 0.2) is 60.0 Å². The van der Waals surface area contributed by atoms with E-state index in [1.54, 1.807) is 17.4 Å². The lowest BCUT2D eigenvalue weighted by atomic mass is 10.2. The number of carbonyl (C=O) groups excluding carboxylic acids is 1. The first kappa shape index (κ1) is 17.6. The largest absolute Gasteiger partial charge is 0.456 e. The van der Waals surface area contributed by atoms with Crippen molar-refractivity contribution in [2.45, 2.75) is 13.5 Å². The Hall–Kier alpha value is -2.83. The van der Waals surface area contributed by atoms with Crippen LogP contribution < -0.4 is 0 Å². The fourth-order valence-corrected chi connectivity index (χ4v) is 4.18. The van der Waals surface area contributed by atoms with Gasteiger partial charge in [0.1, 0.15) is 16.6 Å². The molecule has 0 unspecified atom stereocenters. The number of esters is 1. The zero-order valence-electron chi connectivity index (χ0n) is 14.6. The van der Waals surface area contributed by atoms with Crippen LogP contribution in [-0.2, 0) is 16.1 Å². The zero-order valence-corrected chi connectivity index (χ0v) is 16.2. The Morgan fingerprint density at radius 3 is 2.74 bits per heavy atom. The number of thiazole rings is 2. The van der Waals surface area contributed by atoms with Crippen LogP contribution >= 0.6 is 22.7 Å². The molecule has 2 heterocycles. The van der Waals surface area contributed by atoms with Gasteiger partial charge in [0, 0.05) is 17.0 Å². The van der Waals surface area contributed by atoms with E-state index in [9.17, 15) is 4.79 Å². The summed E-state index contributed by atoms with van der Waals surface area (Å²) < 4.78 is 6.38. The number of hydrogen-bond donors (Lipinski definition) is 0. The molecule has 0 saturated heterocycles. The highest BCUT2D eigenvalue weighted by Crippen LogP contribution is 2.24. The Morgan fingerprint density at radius 1 is 1.11 bits per heavy atom. The second-order valence-electron chi connectivity index (χ2n) is 5.97. The van der Waals surface area contributed by atoms with Gasteiger partial charge >= 0.3 is 5.97 Å². The molecular formula is C21H16N2O2S2. The molecule has 4 nitrogen and oxygen atoms in total. The summed E-state index contributed by atoms with van der Waals surface area (Å²) in [5, 5.41) is 3.62. The van der Waals surface area contributed by atoms with Crippen LogP contribution in [0.1, 0.15) is 16.3 Å². The molecule has 0 N–H and O–H groups in total. The predicted molar refractivity (Wildman–Crippen MR) is 111 cm³/mol. The Morgan fingerprint density at radius 2 is 1.93 bits per heavy atom. The van der Waals surface area contributed by atoms with E-state index in [0.717, 1.165) is 31.5 Å². The van der Waals surface area contributed by atoms with Gasteiger partial charge in [0.15, 0.2) is 0 Å². The molecular weight excluding hydrogens is 376 g/mol. The molecule has 0 bridgehead atoms. The molecule has 0 amide bonds. The summed E-state index contributed by atoms with van der Waals surface area (Å²) in [4.78, 5) is 21.0. The third-order valence-corrected chi connectivity index (χ3v) is 5.83. The van der Waals surface area contributed by atoms with Crippen molar-refractivity contribution in [3.05, 3.63) is 76.3 Å². The van der Waals surface area contributed by atoms with Crippen molar-refractivity contribution >= 4 is 44.9 Å². The zero-order chi connectivity index (χ0) is 18.6. The van der Waals surface area contributed by atoms with Gasteiger partial charge in [0.05, 0.1) is 15.9 Å². The lowest BCUT2D eigenvalue weighted by molar-refractivity contribution is -0.139. The predicted octanol–water partition coefficient (Wildman–Crippen LogP) is 5.48. The standard InChI is InChI=1S/C21H16N2O2S2/c1-14-6-8-15(9-7-14)21-22-16(13-26-21)12-25-20(24)11-10-19-23-17-4-2-3-5-18(17)27-19/h2-11,13H,12H2,1H3/b11-10+. The van der Waals surface area contributed by atoms with Gasteiger partial charge in [-0.1, -0.05) is 42.0 Å². The molecule has 0 saturated carbocycles. The molecule has 0 fully saturated rings. The van der Waals surface area contributed by atoms with Crippen molar-refractivity contribution < 1.29 is 9.53 Å². The molecule has 4 rings (SSSR count). The van der Waals surface area contributed by atoms with Crippen LogP contribution in [0, 0.1) is 6.92 Å². The van der Waals surface area contributed by atoms with E-state index in [0.29, 0.717) is 0 Å². The van der Waals surface area contributed by atoms with Gasteiger partial charge in [0.2, 0.25) is 0 Å². The first-order chi connectivity index (χ1) is 13.2. The Bertz CT molecular complexity index is 1080. The minimum absolute atomic E-state index is 0.158. The van der Waals surface area contributed by atoms with Crippen LogP contribution in [0.2, 0.25) is 0 Å². The molecule has 0 aliphatic carbocycles. The number of fused-ring (bicyclic) bond motifs is 1. The van der Waals surface area contributed by atoms with Crippen molar-refractivity contribution in [2.75, 3.05) is 0 Å². The van der Waals surface area contributed by atoms with E-state index in [-0.39, 0.29) is 6.61 Å². The molecule has 0 spiro atoms. The average molecular weight is 393 g/mol. The highest BCUT2D eigenvalue weighted by atomic mass is 32.1. The van der Waals surface area contributed by atoms with Gasteiger partial charge in [-0.05, 0) is 25.1 Å². The second-order valence-corrected chi connectivity index (χ2v) is 7.89. The van der Waals surface area contributed by atoms with Crippen LogP contribution in [-0.4, -0.2) is 15.9 Å². The highest BCUT2D eigenvalue weighted by molar-refractivity contribution is 7.19. The molecule has 134 valence electrons. The van der Waals surface area contributed by atoms with Gasteiger partial charge in [-0.15, -0.1) is 22.7 Å². The fourth-order valence-electron chi connectivity index (χ4n) is 2.50. The minimum atomic E-state index is -0.404. The normalized spacial score (nSPS) is 11.3. The summed E-state index contributed by atoms with van der Waals surface area (Å²) in [6, 6.07) is 16.1. The number of aryl methyl sites for hydroxylation is 1. The molecule has 0 aliphatic heterocycles. The second kappa shape index (κ2) is 7.82. The maximum absolute atomic E-state index is 12.0. The average Bonchev–Trinajstić information content (AvgIpc) is 3.32. The number of aromatic nitrogens is 2. The van der Waals surface area contributed by atoms with Crippen molar-refractivity contribution in [1.82, 2.24) is 9.97 Å². The van der Waals surface area contributed by atoms with Crippen LogP contribution in [0.25, 0.3) is 26.9 Å². The Labute approximate surface area is 164 Å². The monoisotopic (exact) mass is 392 g/mol. The molecule has 2 aromatic carbocycles. The number of carbonyl (C=O) groups is 1. The van der Waals surface area contributed by atoms with Gasteiger partial charge in [-0.3, -0.25) is 0 Å². The molecule has 0 aliphatic rings. The summed E-state index contributed by atoms with van der Waals surface area (Å²) in [5.41, 5.74) is 3.96. The molecule has 4 aromatic rings. The molecule has 0 atom stereocenters. The number of ether oxygens (including phenoxy) is 1. The van der Waals surface area contributed by atoms with Gasteiger partial charge in [-0.2, -0.15) is 0 Å². The lowest BCUT2D eigenvalue weighted by Crippen LogP contribution is -2.00. The minimum Gasteiger partial charge on any atom is -0.456 e. The van der Waals surface area contributed by atoms with Crippen molar-refractivity contribution in [3.63, 3.8) is 0 Å². The number of rotatable bonds is 5.